The molecular formula is C16H16O3. The first-order chi connectivity index (χ1) is 9.38. The van der Waals surface area contributed by atoms with E-state index in [0.29, 0.717) is 19.6 Å². The lowest BCUT2D eigenvalue weighted by Crippen LogP contribution is -1.93. The molecule has 0 radical (unpaired) electrons. The van der Waals surface area contributed by atoms with Crippen molar-refractivity contribution < 1.29 is 14.3 Å². The highest BCUT2D eigenvalue weighted by atomic mass is 16.5. The molecule has 2 rings (SSSR count). The van der Waals surface area contributed by atoms with Gasteiger partial charge < -0.3 is 14.3 Å². The smallest absolute Gasteiger partial charge is 0.129 e. The summed E-state index contributed by atoms with van der Waals surface area (Å²) < 4.78 is 10.8. The average molecular weight is 256 g/mol. The van der Waals surface area contributed by atoms with Crippen molar-refractivity contribution in [3.8, 4) is 11.8 Å². The standard InChI is InChI=1S/C16H16O3/c17-9-2-1-5-14-6-3-7-15(11-14)12-18-13-16-8-4-10-19-16/h3-4,6-8,10-11,17H,2,9,12-13H2. The van der Waals surface area contributed by atoms with Crippen LogP contribution in [0.2, 0.25) is 0 Å². The molecule has 0 aliphatic carbocycles. The fraction of sp³-hybridized carbons (Fsp3) is 0.250. The molecule has 0 amide bonds. The number of furan rings is 1. The predicted molar refractivity (Wildman–Crippen MR) is 72.2 cm³/mol. The van der Waals surface area contributed by atoms with E-state index in [1.54, 1.807) is 6.26 Å². The summed E-state index contributed by atoms with van der Waals surface area (Å²) in [6.07, 6.45) is 2.13. The Bertz CT molecular complexity index is 547. The van der Waals surface area contributed by atoms with Crippen LogP contribution >= 0.6 is 0 Å². The zero-order valence-electron chi connectivity index (χ0n) is 10.6. The van der Waals surface area contributed by atoms with E-state index < -0.39 is 0 Å². The Balaban J connectivity index is 1.87. The maximum absolute atomic E-state index is 8.67. The highest BCUT2D eigenvalue weighted by Crippen LogP contribution is 2.08. The SMILES string of the molecule is OCCC#Cc1cccc(COCc2ccco2)c1. The Morgan fingerprint density at radius 3 is 2.89 bits per heavy atom. The molecule has 0 aliphatic heterocycles. The van der Waals surface area contributed by atoms with Gasteiger partial charge in [0.25, 0.3) is 0 Å². The maximum atomic E-state index is 8.67. The van der Waals surface area contributed by atoms with Crippen LogP contribution in [0.1, 0.15) is 23.3 Å². The van der Waals surface area contributed by atoms with E-state index >= 15 is 0 Å². The van der Waals surface area contributed by atoms with Gasteiger partial charge in [0.15, 0.2) is 0 Å². The number of rotatable bonds is 5. The molecule has 2 aromatic rings. The number of aliphatic hydroxyl groups excluding tert-OH is 1. The van der Waals surface area contributed by atoms with Crippen molar-refractivity contribution in [2.45, 2.75) is 19.6 Å². The minimum Gasteiger partial charge on any atom is -0.467 e. The lowest BCUT2D eigenvalue weighted by atomic mass is 10.1. The third kappa shape index (κ3) is 4.63. The Morgan fingerprint density at radius 1 is 1.16 bits per heavy atom. The van der Waals surface area contributed by atoms with E-state index in [0.717, 1.165) is 16.9 Å². The normalized spacial score (nSPS) is 9.95. The molecule has 3 heteroatoms. The largest absolute Gasteiger partial charge is 0.467 e. The summed E-state index contributed by atoms with van der Waals surface area (Å²) >= 11 is 0. The van der Waals surface area contributed by atoms with Crippen molar-refractivity contribution in [1.82, 2.24) is 0 Å². The fourth-order valence-corrected chi connectivity index (χ4v) is 1.62. The van der Waals surface area contributed by atoms with Crippen LogP contribution in [0.4, 0.5) is 0 Å². The van der Waals surface area contributed by atoms with Gasteiger partial charge in [-0.3, -0.25) is 0 Å². The molecule has 0 saturated carbocycles. The van der Waals surface area contributed by atoms with Crippen LogP contribution in [-0.4, -0.2) is 11.7 Å². The molecule has 1 aromatic heterocycles. The van der Waals surface area contributed by atoms with Crippen molar-refractivity contribution in [1.29, 1.82) is 0 Å². The van der Waals surface area contributed by atoms with E-state index in [4.69, 9.17) is 14.3 Å². The van der Waals surface area contributed by atoms with Crippen molar-refractivity contribution in [2.24, 2.45) is 0 Å². The van der Waals surface area contributed by atoms with Gasteiger partial charge >= 0.3 is 0 Å². The zero-order chi connectivity index (χ0) is 13.3. The molecule has 0 aliphatic rings. The van der Waals surface area contributed by atoms with E-state index in [1.807, 2.05) is 36.4 Å². The summed E-state index contributed by atoms with van der Waals surface area (Å²) in [4.78, 5) is 0. The second kappa shape index (κ2) is 7.42. The molecule has 1 N–H and O–H groups in total. The van der Waals surface area contributed by atoms with Gasteiger partial charge in [-0.05, 0) is 29.8 Å². The maximum Gasteiger partial charge on any atom is 0.129 e. The minimum absolute atomic E-state index is 0.0962. The molecule has 1 aromatic carbocycles. The second-order valence-corrected chi connectivity index (χ2v) is 4.05. The highest BCUT2D eigenvalue weighted by Gasteiger charge is 1.98. The molecule has 0 saturated heterocycles. The van der Waals surface area contributed by atoms with E-state index in [-0.39, 0.29) is 6.61 Å². The van der Waals surface area contributed by atoms with Crippen LogP contribution in [0.5, 0.6) is 0 Å². The van der Waals surface area contributed by atoms with E-state index in [2.05, 4.69) is 11.8 Å². The average Bonchev–Trinajstić information content (AvgIpc) is 2.93. The van der Waals surface area contributed by atoms with Gasteiger partial charge in [-0.1, -0.05) is 24.0 Å². The highest BCUT2D eigenvalue weighted by molar-refractivity contribution is 5.36. The third-order valence-corrected chi connectivity index (χ3v) is 2.49. The van der Waals surface area contributed by atoms with Crippen LogP contribution in [0.3, 0.4) is 0 Å². The van der Waals surface area contributed by atoms with Gasteiger partial charge in [0.05, 0.1) is 19.5 Å². The summed E-state index contributed by atoms with van der Waals surface area (Å²) in [6, 6.07) is 11.6. The Kier molecular flexibility index (Phi) is 5.24. The number of ether oxygens (including phenoxy) is 1. The summed E-state index contributed by atoms with van der Waals surface area (Å²) in [7, 11) is 0. The molecule has 0 fully saturated rings. The molecule has 0 unspecified atom stereocenters. The summed E-state index contributed by atoms with van der Waals surface area (Å²) in [5, 5.41) is 8.67. The summed E-state index contributed by atoms with van der Waals surface area (Å²) in [5.74, 6) is 6.73. The number of benzene rings is 1. The molecule has 0 atom stereocenters. The summed E-state index contributed by atoms with van der Waals surface area (Å²) in [5.41, 5.74) is 2.01. The number of hydrogen-bond donors (Lipinski definition) is 1. The van der Waals surface area contributed by atoms with Gasteiger partial charge in [0.1, 0.15) is 12.4 Å². The number of hydrogen-bond acceptors (Lipinski definition) is 3. The van der Waals surface area contributed by atoms with Crippen LogP contribution in [0.25, 0.3) is 0 Å². The molecule has 0 spiro atoms. The predicted octanol–water partition coefficient (Wildman–Crippen LogP) is 2.73. The lowest BCUT2D eigenvalue weighted by molar-refractivity contribution is 0.0929. The van der Waals surface area contributed by atoms with Gasteiger partial charge in [-0.15, -0.1) is 0 Å². The first-order valence-corrected chi connectivity index (χ1v) is 6.17. The fourth-order valence-electron chi connectivity index (χ4n) is 1.62. The van der Waals surface area contributed by atoms with Gasteiger partial charge in [-0.2, -0.15) is 0 Å². The Morgan fingerprint density at radius 2 is 2.11 bits per heavy atom. The lowest BCUT2D eigenvalue weighted by Gasteiger charge is -2.03. The van der Waals surface area contributed by atoms with Gasteiger partial charge in [-0.25, -0.2) is 0 Å². The third-order valence-electron chi connectivity index (χ3n) is 2.49. The van der Waals surface area contributed by atoms with Crippen molar-refractivity contribution >= 4 is 0 Å². The van der Waals surface area contributed by atoms with Gasteiger partial charge in [0.2, 0.25) is 0 Å². The molecule has 98 valence electrons. The molecule has 3 nitrogen and oxygen atoms in total. The first kappa shape index (κ1) is 13.4. The zero-order valence-corrected chi connectivity index (χ0v) is 10.6. The van der Waals surface area contributed by atoms with Crippen LogP contribution in [0, 0.1) is 11.8 Å². The minimum atomic E-state index is 0.0962. The van der Waals surface area contributed by atoms with Crippen molar-refractivity contribution in [3.63, 3.8) is 0 Å². The molecule has 1 heterocycles. The summed E-state index contributed by atoms with van der Waals surface area (Å²) in [6.45, 7) is 1.09. The van der Waals surface area contributed by atoms with Crippen LogP contribution in [-0.2, 0) is 18.0 Å². The van der Waals surface area contributed by atoms with Crippen LogP contribution < -0.4 is 0 Å². The monoisotopic (exact) mass is 256 g/mol. The quantitative estimate of drug-likeness (QED) is 0.836. The molecule has 0 bridgehead atoms. The topological polar surface area (TPSA) is 42.6 Å². The van der Waals surface area contributed by atoms with Gasteiger partial charge in [0, 0.05) is 12.0 Å². The van der Waals surface area contributed by atoms with Crippen LogP contribution in [0.15, 0.2) is 47.1 Å². The van der Waals surface area contributed by atoms with E-state index in [9.17, 15) is 0 Å². The molecular weight excluding hydrogens is 240 g/mol. The van der Waals surface area contributed by atoms with E-state index in [1.165, 1.54) is 0 Å². The Labute approximate surface area is 112 Å². The molecule has 19 heavy (non-hydrogen) atoms. The Hall–Kier alpha value is -2.02. The first-order valence-electron chi connectivity index (χ1n) is 6.17. The van der Waals surface area contributed by atoms with Crippen molar-refractivity contribution in [2.75, 3.05) is 6.61 Å². The van der Waals surface area contributed by atoms with Crippen molar-refractivity contribution in [3.05, 3.63) is 59.5 Å². The second-order valence-electron chi connectivity index (χ2n) is 4.05. The number of aliphatic hydroxyl groups is 1.